The van der Waals surface area contributed by atoms with Crippen LogP contribution < -0.4 is 27.4 Å². The van der Waals surface area contributed by atoms with Crippen LogP contribution in [0.3, 0.4) is 0 Å². The van der Waals surface area contributed by atoms with Gasteiger partial charge in [-0.15, -0.1) is 0 Å². The largest absolute Gasteiger partial charge is 0.481 e. The van der Waals surface area contributed by atoms with Crippen LogP contribution in [0.4, 0.5) is 0 Å². The average molecular weight is 491 g/mol. The summed E-state index contributed by atoms with van der Waals surface area (Å²) in [5, 5.41) is 42.9. The molecule has 0 aromatic carbocycles. The monoisotopic (exact) mass is 491 g/mol. The number of carbonyl (C=O) groups excluding carboxylic acids is 3. The highest BCUT2D eigenvalue weighted by Gasteiger charge is 2.30. The molecule has 15 heteroatoms. The maximum Gasteiger partial charge on any atom is 0.326 e. The Kier molecular flexibility index (Phi) is 14.7. The van der Waals surface area contributed by atoms with Gasteiger partial charge in [-0.3, -0.25) is 24.0 Å². The number of hydrogen-bond donors (Lipinski definition) is 9. The number of carboxylic acids is 3. The minimum Gasteiger partial charge on any atom is -0.481 e. The third kappa shape index (κ3) is 12.7. The van der Waals surface area contributed by atoms with Gasteiger partial charge in [-0.1, -0.05) is 0 Å². The summed E-state index contributed by atoms with van der Waals surface area (Å²) in [5.74, 6) is -6.73. The summed E-state index contributed by atoms with van der Waals surface area (Å²) in [5.41, 5.74) is 10.9. The molecule has 0 heterocycles. The molecule has 0 saturated heterocycles. The molecule has 4 unspecified atom stereocenters. The van der Waals surface area contributed by atoms with E-state index < -0.39 is 85.7 Å². The lowest BCUT2D eigenvalue weighted by atomic mass is 10.1. The van der Waals surface area contributed by atoms with E-state index in [9.17, 15) is 39.0 Å². The Balaban J connectivity index is 5.27. The van der Waals surface area contributed by atoms with E-state index >= 15 is 0 Å². The summed E-state index contributed by atoms with van der Waals surface area (Å²) in [4.78, 5) is 70.1. The van der Waals surface area contributed by atoms with Crippen molar-refractivity contribution in [2.24, 2.45) is 11.5 Å². The molecular weight excluding hydrogens is 458 g/mol. The number of carbonyl (C=O) groups is 6. The second-order valence-corrected chi connectivity index (χ2v) is 7.46. The van der Waals surface area contributed by atoms with Crippen molar-refractivity contribution in [3.63, 3.8) is 0 Å². The van der Waals surface area contributed by atoms with E-state index in [1.165, 1.54) is 0 Å². The number of unbranched alkanes of at least 4 members (excludes halogenated alkanes) is 1. The van der Waals surface area contributed by atoms with E-state index in [4.69, 9.17) is 21.7 Å². The molecule has 0 aliphatic carbocycles. The van der Waals surface area contributed by atoms with Crippen molar-refractivity contribution in [2.45, 2.75) is 69.1 Å². The zero-order valence-electron chi connectivity index (χ0n) is 18.6. The summed E-state index contributed by atoms with van der Waals surface area (Å²) >= 11 is 0. The van der Waals surface area contributed by atoms with Crippen LogP contribution in [0, 0.1) is 0 Å². The van der Waals surface area contributed by atoms with Gasteiger partial charge in [0.25, 0.3) is 0 Å². The van der Waals surface area contributed by atoms with Crippen molar-refractivity contribution in [1.82, 2.24) is 16.0 Å². The fourth-order valence-corrected chi connectivity index (χ4v) is 2.71. The highest BCUT2D eigenvalue weighted by molar-refractivity contribution is 5.94. The smallest absolute Gasteiger partial charge is 0.326 e. The molecule has 0 radical (unpaired) electrons. The van der Waals surface area contributed by atoms with Crippen LogP contribution in [-0.4, -0.2) is 93.4 Å². The molecule has 3 amide bonds. The number of nitrogens with two attached hydrogens (primary N) is 2. The summed E-state index contributed by atoms with van der Waals surface area (Å²) in [7, 11) is 0. The molecule has 15 nitrogen and oxygen atoms in total. The molecule has 0 aromatic heterocycles. The highest BCUT2D eigenvalue weighted by atomic mass is 16.4. The minimum atomic E-state index is -1.58. The molecule has 0 bridgehead atoms. The van der Waals surface area contributed by atoms with Crippen LogP contribution in [0.25, 0.3) is 0 Å². The van der Waals surface area contributed by atoms with E-state index in [1.807, 2.05) is 0 Å². The van der Waals surface area contributed by atoms with Crippen LogP contribution in [0.5, 0.6) is 0 Å². The third-order valence-corrected chi connectivity index (χ3v) is 4.66. The van der Waals surface area contributed by atoms with Gasteiger partial charge in [0.15, 0.2) is 0 Å². The lowest BCUT2D eigenvalue weighted by molar-refractivity contribution is -0.143. The topological polar surface area (TPSA) is 271 Å². The van der Waals surface area contributed by atoms with Crippen molar-refractivity contribution in [1.29, 1.82) is 0 Å². The van der Waals surface area contributed by atoms with Gasteiger partial charge in [-0.25, -0.2) is 4.79 Å². The molecule has 34 heavy (non-hydrogen) atoms. The zero-order chi connectivity index (χ0) is 26.3. The highest BCUT2D eigenvalue weighted by Crippen LogP contribution is 2.05. The Morgan fingerprint density at radius 2 is 1.18 bits per heavy atom. The Hall–Kier alpha value is -3.30. The van der Waals surface area contributed by atoms with E-state index in [1.54, 1.807) is 0 Å². The first-order valence-corrected chi connectivity index (χ1v) is 10.6. The van der Waals surface area contributed by atoms with Gasteiger partial charge >= 0.3 is 17.9 Å². The molecule has 4 atom stereocenters. The van der Waals surface area contributed by atoms with Crippen molar-refractivity contribution < 1.29 is 49.2 Å². The second kappa shape index (κ2) is 16.3. The van der Waals surface area contributed by atoms with Gasteiger partial charge < -0.3 is 47.8 Å². The van der Waals surface area contributed by atoms with Gasteiger partial charge in [0, 0.05) is 12.8 Å². The first-order chi connectivity index (χ1) is 15.9. The van der Waals surface area contributed by atoms with Gasteiger partial charge in [0.2, 0.25) is 17.7 Å². The van der Waals surface area contributed by atoms with Crippen molar-refractivity contribution in [2.75, 3.05) is 13.2 Å². The van der Waals surface area contributed by atoms with E-state index in [0.717, 1.165) is 0 Å². The van der Waals surface area contributed by atoms with Gasteiger partial charge in [0.1, 0.15) is 18.1 Å². The standard InChI is InChI=1S/C19H33N5O10/c20-8-2-1-3-12(19(33)34)23-17(31)11(5-7-15(28)29)22-18(32)13(9-25)24-16(30)10(21)4-6-14(26)27/h10-13,25H,1-9,20-21H2,(H,22,32)(H,23,31)(H,24,30)(H,26,27)(H,28,29)(H,33,34). The summed E-state index contributed by atoms with van der Waals surface area (Å²) in [6.07, 6.45) is -0.595. The fourth-order valence-electron chi connectivity index (χ4n) is 2.71. The molecule has 11 N–H and O–H groups in total. The SMILES string of the molecule is NCCCCC(NC(=O)C(CCC(=O)O)NC(=O)C(CO)NC(=O)C(N)CCC(=O)O)C(=O)O. The minimum absolute atomic E-state index is 0.0570. The fraction of sp³-hybridized carbons (Fsp3) is 0.684. The van der Waals surface area contributed by atoms with Gasteiger partial charge in [0.05, 0.1) is 12.6 Å². The lowest BCUT2D eigenvalue weighted by Crippen LogP contribution is -2.58. The molecule has 0 saturated carbocycles. The van der Waals surface area contributed by atoms with Crippen LogP contribution in [0.2, 0.25) is 0 Å². The number of carboxylic acid groups (broad SMARTS) is 3. The van der Waals surface area contributed by atoms with Crippen molar-refractivity contribution >= 4 is 35.6 Å². The normalized spacial score (nSPS) is 14.2. The van der Waals surface area contributed by atoms with Crippen molar-refractivity contribution in [3.8, 4) is 0 Å². The summed E-state index contributed by atoms with van der Waals surface area (Å²) in [6, 6.07) is -5.65. The molecule has 0 aliphatic heterocycles. The van der Waals surface area contributed by atoms with E-state index in [-0.39, 0.29) is 12.8 Å². The number of aliphatic carboxylic acids is 3. The number of rotatable bonds is 18. The Morgan fingerprint density at radius 3 is 1.68 bits per heavy atom. The Labute approximate surface area is 195 Å². The number of aliphatic hydroxyl groups excluding tert-OH is 1. The molecule has 194 valence electrons. The zero-order valence-corrected chi connectivity index (χ0v) is 18.6. The number of hydrogen-bond acceptors (Lipinski definition) is 9. The lowest BCUT2D eigenvalue weighted by Gasteiger charge is -2.24. The maximum atomic E-state index is 12.6. The number of nitrogens with one attached hydrogen (secondary N) is 3. The molecular formula is C19H33N5O10. The first-order valence-electron chi connectivity index (χ1n) is 10.6. The molecule has 0 aromatic rings. The number of aliphatic hydroxyl groups is 1. The summed E-state index contributed by atoms with van der Waals surface area (Å²) in [6.45, 7) is -0.584. The van der Waals surface area contributed by atoms with Gasteiger partial charge in [-0.05, 0) is 38.6 Å². The van der Waals surface area contributed by atoms with Gasteiger partial charge in [-0.2, -0.15) is 0 Å². The maximum absolute atomic E-state index is 12.6. The molecule has 0 fully saturated rings. The second-order valence-electron chi connectivity index (χ2n) is 7.46. The van der Waals surface area contributed by atoms with Crippen LogP contribution >= 0.6 is 0 Å². The predicted molar refractivity (Wildman–Crippen MR) is 115 cm³/mol. The van der Waals surface area contributed by atoms with E-state index in [2.05, 4.69) is 16.0 Å². The van der Waals surface area contributed by atoms with Crippen LogP contribution in [0.15, 0.2) is 0 Å². The predicted octanol–water partition coefficient (Wildman–Crippen LogP) is -3.30. The molecule has 0 rings (SSSR count). The molecule has 0 spiro atoms. The van der Waals surface area contributed by atoms with Crippen molar-refractivity contribution in [3.05, 3.63) is 0 Å². The van der Waals surface area contributed by atoms with E-state index in [0.29, 0.717) is 19.4 Å². The Morgan fingerprint density at radius 1 is 0.676 bits per heavy atom. The first kappa shape index (κ1) is 30.7. The third-order valence-electron chi connectivity index (χ3n) is 4.66. The number of amides is 3. The molecule has 0 aliphatic rings. The van der Waals surface area contributed by atoms with Crippen LogP contribution in [-0.2, 0) is 28.8 Å². The quantitative estimate of drug-likeness (QED) is 0.0853. The average Bonchev–Trinajstić information content (AvgIpc) is 2.76. The Bertz CT molecular complexity index is 732. The summed E-state index contributed by atoms with van der Waals surface area (Å²) < 4.78 is 0. The van der Waals surface area contributed by atoms with Crippen LogP contribution in [0.1, 0.15) is 44.9 Å².